The van der Waals surface area contributed by atoms with Gasteiger partial charge in [-0.25, -0.2) is 13.9 Å². The van der Waals surface area contributed by atoms with Gasteiger partial charge in [0.15, 0.2) is 0 Å². The maximum Gasteiger partial charge on any atom is 0.425 e. The van der Waals surface area contributed by atoms with Crippen LogP contribution < -0.4 is 0 Å². The molecule has 0 bridgehead atoms. The number of esters is 1. The van der Waals surface area contributed by atoms with Crippen molar-refractivity contribution in [1.29, 1.82) is 0 Å². The molecule has 5 aromatic rings. The first-order chi connectivity index (χ1) is 17.6. The first-order valence-corrected chi connectivity index (χ1v) is 11.2. The van der Waals surface area contributed by atoms with E-state index in [1.165, 1.54) is 72.4 Å². The van der Waals surface area contributed by atoms with Crippen LogP contribution in [0.4, 0.5) is 17.6 Å². The van der Waals surface area contributed by atoms with Gasteiger partial charge in [-0.3, -0.25) is 4.98 Å². The second-order valence-electron chi connectivity index (χ2n) is 8.30. The van der Waals surface area contributed by atoms with Gasteiger partial charge in [0.1, 0.15) is 5.82 Å². The number of para-hydroxylation sites is 1. The lowest BCUT2D eigenvalue weighted by molar-refractivity contribution is -0.248. The summed E-state index contributed by atoms with van der Waals surface area (Å²) in [5.74, 6) is -1.48. The van der Waals surface area contributed by atoms with Crippen LogP contribution in [0.2, 0.25) is 0 Å². The van der Waals surface area contributed by atoms with E-state index in [4.69, 9.17) is 4.74 Å². The van der Waals surface area contributed by atoms with Gasteiger partial charge in [-0.05, 0) is 55.0 Å². The van der Waals surface area contributed by atoms with Crippen molar-refractivity contribution < 1.29 is 32.2 Å². The predicted molar refractivity (Wildman–Crippen MR) is 128 cm³/mol. The molecule has 1 N–H and O–H groups in total. The maximum absolute atomic E-state index is 14.9. The van der Waals surface area contributed by atoms with Crippen molar-refractivity contribution in [1.82, 2.24) is 14.8 Å². The molecular formula is C27H19F4N3O3. The number of aliphatic hydroxyl groups is 1. The van der Waals surface area contributed by atoms with Crippen molar-refractivity contribution >= 4 is 27.8 Å². The molecule has 2 heterocycles. The zero-order valence-corrected chi connectivity index (χ0v) is 19.3. The average molecular weight is 509 g/mol. The summed E-state index contributed by atoms with van der Waals surface area (Å²) in [4.78, 5) is 16.8. The van der Waals surface area contributed by atoms with Gasteiger partial charge in [0.05, 0.1) is 35.1 Å². The number of alkyl halides is 3. The Morgan fingerprint density at radius 3 is 2.46 bits per heavy atom. The Morgan fingerprint density at radius 1 is 1.03 bits per heavy atom. The zero-order valence-electron chi connectivity index (χ0n) is 19.3. The third kappa shape index (κ3) is 3.99. The molecule has 0 spiro atoms. The molecule has 1 unspecified atom stereocenters. The van der Waals surface area contributed by atoms with Gasteiger partial charge >= 0.3 is 12.1 Å². The van der Waals surface area contributed by atoms with Crippen molar-refractivity contribution in [2.75, 3.05) is 6.61 Å². The monoisotopic (exact) mass is 509 g/mol. The quantitative estimate of drug-likeness (QED) is 0.243. The number of carbonyl (C=O) groups is 1. The fraction of sp³-hybridized carbons (Fsp3) is 0.148. The van der Waals surface area contributed by atoms with Gasteiger partial charge in [-0.15, -0.1) is 0 Å². The lowest BCUT2D eigenvalue weighted by Crippen LogP contribution is -2.44. The van der Waals surface area contributed by atoms with Gasteiger partial charge in [0, 0.05) is 22.5 Å². The molecule has 1 atom stereocenters. The fourth-order valence-corrected chi connectivity index (χ4v) is 4.39. The Labute approximate surface area is 207 Å². The number of rotatable bonds is 5. The van der Waals surface area contributed by atoms with E-state index in [1.54, 1.807) is 6.07 Å². The lowest BCUT2D eigenvalue weighted by Gasteiger charge is -2.33. The number of hydrogen-bond donors (Lipinski definition) is 1. The highest BCUT2D eigenvalue weighted by molar-refractivity contribution is 5.98. The molecule has 10 heteroatoms. The van der Waals surface area contributed by atoms with Crippen LogP contribution in [-0.2, 0) is 10.3 Å². The molecule has 3 aromatic carbocycles. The summed E-state index contributed by atoms with van der Waals surface area (Å²) in [5, 5.41) is 16.0. The number of fused-ring (bicyclic) bond motifs is 2. The van der Waals surface area contributed by atoms with Gasteiger partial charge in [-0.2, -0.15) is 18.3 Å². The first-order valence-electron chi connectivity index (χ1n) is 11.2. The van der Waals surface area contributed by atoms with Crippen molar-refractivity contribution in [3.05, 3.63) is 102 Å². The second kappa shape index (κ2) is 8.97. The molecule has 0 fully saturated rings. The topological polar surface area (TPSA) is 77.2 Å². The number of aromatic nitrogens is 3. The summed E-state index contributed by atoms with van der Waals surface area (Å²) in [7, 11) is 0. The summed E-state index contributed by atoms with van der Waals surface area (Å²) in [6, 6.07) is 15.1. The molecule has 0 aliphatic heterocycles. The molecule has 37 heavy (non-hydrogen) atoms. The number of benzene rings is 3. The van der Waals surface area contributed by atoms with E-state index >= 15 is 0 Å². The van der Waals surface area contributed by atoms with E-state index in [2.05, 4.69) is 10.1 Å². The first kappa shape index (κ1) is 24.4. The molecule has 0 saturated carbocycles. The van der Waals surface area contributed by atoms with Gasteiger partial charge in [0.25, 0.3) is 0 Å². The third-order valence-corrected chi connectivity index (χ3v) is 6.10. The molecule has 0 aliphatic carbocycles. The zero-order chi connectivity index (χ0) is 26.4. The standard InChI is InChI=1S/C27H19F4N3O3/c1-2-37-25(35)21-15-32-22-6-4-3-5-20(22)24(21)26(36,27(29,30)31)17-7-12-23-16(13-17)14-33-34(23)19-10-8-18(28)9-11-19/h3-15,36H,2H2,1H3. The van der Waals surface area contributed by atoms with Gasteiger partial charge in [0.2, 0.25) is 5.60 Å². The van der Waals surface area contributed by atoms with E-state index < -0.39 is 40.3 Å². The van der Waals surface area contributed by atoms with Crippen molar-refractivity contribution in [3.8, 4) is 5.69 Å². The van der Waals surface area contributed by atoms with Crippen LogP contribution in [0.1, 0.15) is 28.4 Å². The maximum atomic E-state index is 14.9. The Bertz CT molecular complexity index is 1630. The van der Waals surface area contributed by atoms with Crippen LogP contribution in [0.5, 0.6) is 0 Å². The highest BCUT2D eigenvalue weighted by Gasteiger charge is 2.58. The summed E-state index contributed by atoms with van der Waals surface area (Å²) in [5.41, 5.74) is -4.18. The fourth-order valence-electron chi connectivity index (χ4n) is 4.39. The SMILES string of the molecule is CCOC(=O)c1cnc2ccccc2c1C(O)(c1ccc2c(cnn2-c2ccc(F)cc2)c1)C(F)(F)F. The molecular weight excluding hydrogens is 490 g/mol. The van der Waals surface area contributed by atoms with E-state index in [1.807, 2.05) is 0 Å². The molecule has 5 rings (SSSR count). The Morgan fingerprint density at radius 2 is 1.76 bits per heavy atom. The van der Waals surface area contributed by atoms with Gasteiger partial charge < -0.3 is 9.84 Å². The van der Waals surface area contributed by atoms with Crippen LogP contribution in [0.3, 0.4) is 0 Å². The number of pyridine rings is 1. The summed E-state index contributed by atoms with van der Waals surface area (Å²) in [6.07, 6.45) is -2.91. The Kier molecular flexibility index (Phi) is 5.91. The lowest BCUT2D eigenvalue weighted by atomic mass is 9.81. The average Bonchev–Trinajstić information content (AvgIpc) is 3.31. The summed E-state index contributed by atoms with van der Waals surface area (Å²) in [6.45, 7) is 1.44. The third-order valence-electron chi connectivity index (χ3n) is 6.10. The number of halogens is 4. The van der Waals surface area contributed by atoms with Gasteiger partial charge in [-0.1, -0.05) is 24.3 Å². The molecule has 0 saturated heterocycles. The summed E-state index contributed by atoms with van der Waals surface area (Å²) < 4.78 is 64.4. The molecule has 6 nitrogen and oxygen atoms in total. The van der Waals surface area contributed by atoms with Crippen molar-refractivity contribution in [2.45, 2.75) is 18.7 Å². The van der Waals surface area contributed by atoms with Crippen LogP contribution in [0, 0.1) is 5.82 Å². The van der Waals surface area contributed by atoms with Crippen LogP contribution >= 0.6 is 0 Å². The van der Waals surface area contributed by atoms with E-state index in [-0.39, 0.29) is 17.5 Å². The smallest absolute Gasteiger partial charge is 0.425 e. The number of ether oxygens (including phenoxy) is 1. The number of carbonyl (C=O) groups excluding carboxylic acids is 1. The van der Waals surface area contributed by atoms with Crippen LogP contribution in [0.15, 0.2) is 79.1 Å². The van der Waals surface area contributed by atoms with E-state index in [0.29, 0.717) is 16.6 Å². The molecule has 188 valence electrons. The van der Waals surface area contributed by atoms with E-state index in [0.717, 1.165) is 12.3 Å². The highest BCUT2D eigenvalue weighted by atomic mass is 19.4. The van der Waals surface area contributed by atoms with Crippen LogP contribution in [0.25, 0.3) is 27.5 Å². The van der Waals surface area contributed by atoms with Crippen LogP contribution in [-0.4, -0.2) is 38.6 Å². The van der Waals surface area contributed by atoms with Crippen molar-refractivity contribution in [2.24, 2.45) is 0 Å². The number of nitrogens with zero attached hydrogens (tertiary/aromatic N) is 3. The molecule has 0 aliphatic rings. The summed E-state index contributed by atoms with van der Waals surface area (Å²) >= 11 is 0. The Balaban J connectivity index is 1.77. The molecule has 0 amide bonds. The highest BCUT2D eigenvalue weighted by Crippen LogP contribution is 2.48. The predicted octanol–water partition coefficient (Wildman–Crippen LogP) is 5.69. The van der Waals surface area contributed by atoms with E-state index in [9.17, 15) is 27.5 Å². The van der Waals surface area contributed by atoms with Crippen molar-refractivity contribution in [3.63, 3.8) is 0 Å². The minimum absolute atomic E-state index is 0.0463. The largest absolute Gasteiger partial charge is 0.462 e. The normalized spacial score (nSPS) is 13.6. The number of hydrogen-bond acceptors (Lipinski definition) is 5. The molecule has 2 aromatic heterocycles. The molecule has 0 radical (unpaired) electrons. The minimum atomic E-state index is -5.24. The minimum Gasteiger partial charge on any atom is -0.462 e. The Hall–Kier alpha value is -4.31. The second-order valence-corrected chi connectivity index (χ2v) is 8.30.